The fourth-order valence-electron chi connectivity index (χ4n) is 3.72. The third kappa shape index (κ3) is 2.32. The number of nitrogens with one attached hydrogen (secondary N) is 1. The molecule has 4 heteroatoms. The fraction of sp³-hybridized carbons (Fsp3) is 0.533. The van der Waals surface area contributed by atoms with E-state index in [2.05, 4.69) is 4.90 Å². The van der Waals surface area contributed by atoms with Crippen LogP contribution in [0.5, 0.6) is 0 Å². The van der Waals surface area contributed by atoms with Crippen molar-refractivity contribution in [2.24, 2.45) is 11.7 Å². The van der Waals surface area contributed by atoms with Crippen LogP contribution >= 0.6 is 11.6 Å². The molecule has 1 aliphatic carbocycles. The number of nitrogens with two attached hydrogens (primary N) is 1. The molecule has 1 saturated heterocycles. The minimum Gasteiger partial charge on any atom is -0.384 e. The molecule has 3 rings (SSSR count). The number of piperidine rings is 1. The van der Waals surface area contributed by atoms with Crippen molar-refractivity contribution in [3.05, 3.63) is 28.8 Å². The van der Waals surface area contributed by atoms with Crippen LogP contribution in [0.4, 0.5) is 5.69 Å². The second kappa shape index (κ2) is 5.04. The maximum absolute atomic E-state index is 7.76. The Morgan fingerprint density at radius 2 is 2.05 bits per heavy atom. The molecule has 1 aliphatic heterocycles. The molecule has 2 unspecified atom stereocenters. The molecule has 1 aromatic rings. The number of amidine groups is 1. The van der Waals surface area contributed by atoms with Gasteiger partial charge in [0, 0.05) is 28.9 Å². The Balaban J connectivity index is 2.00. The minimum atomic E-state index is 0.131. The van der Waals surface area contributed by atoms with Crippen molar-refractivity contribution in [3.8, 4) is 0 Å². The molecule has 3 N–H and O–H groups in total. The minimum absolute atomic E-state index is 0.131. The highest BCUT2D eigenvalue weighted by atomic mass is 35.5. The lowest BCUT2D eigenvalue weighted by Crippen LogP contribution is -2.43. The molecule has 0 aromatic heterocycles. The highest BCUT2D eigenvalue weighted by Crippen LogP contribution is 2.40. The molecule has 0 bridgehead atoms. The Kier molecular flexibility index (Phi) is 3.40. The van der Waals surface area contributed by atoms with Crippen molar-refractivity contribution >= 4 is 23.1 Å². The van der Waals surface area contributed by atoms with Crippen LogP contribution in [-0.4, -0.2) is 18.4 Å². The maximum atomic E-state index is 7.76. The maximum Gasteiger partial charge on any atom is 0.124 e. The van der Waals surface area contributed by atoms with Crippen LogP contribution in [0.25, 0.3) is 0 Å². The number of anilines is 1. The monoisotopic (exact) mass is 277 g/mol. The Labute approximate surface area is 119 Å². The average molecular weight is 278 g/mol. The van der Waals surface area contributed by atoms with E-state index in [-0.39, 0.29) is 5.84 Å². The molecule has 19 heavy (non-hydrogen) atoms. The fourth-order valence-corrected chi connectivity index (χ4v) is 3.89. The molecule has 2 fully saturated rings. The molecule has 2 aliphatic rings. The lowest BCUT2D eigenvalue weighted by Gasteiger charge is -2.40. The summed E-state index contributed by atoms with van der Waals surface area (Å²) in [6.07, 6.45) is 6.50. The van der Waals surface area contributed by atoms with Crippen LogP contribution < -0.4 is 10.6 Å². The van der Waals surface area contributed by atoms with E-state index < -0.39 is 0 Å². The first-order chi connectivity index (χ1) is 9.16. The summed E-state index contributed by atoms with van der Waals surface area (Å²) in [7, 11) is 0. The summed E-state index contributed by atoms with van der Waals surface area (Å²) >= 11 is 6.15. The van der Waals surface area contributed by atoms with Crippen LogP contribution in [0.1, 0.15) is 37.7 Å². The van der Waals surface area contributed by atoms with Gasteiger partial charge in [0.1, 0.15) is 5.84 Å². The number of nitrogens with zero attached hydrogens (tertiary/aromatic N) is 1. The van der Waals surface area contributed by atoms with Gasteiger partial charge in [-0.15, -0.1) is 0 Å². The van der Waals surface area contributed by atoms with Gasteiger partial charge in [-0.1, -0.05) is 18.0 Å². The first kappa shape index (κ1) is 12.8. The summed E-state index contributed by atoms with van der Waals surface area (Å²) in [6, 6.07) is 6.28. The van der Waals surface area contributed by atoms with Gasteiger partial charge in [-0.2, -0.15) is 0 Å². The van der Waals surface area contributed by atoms with Gasteiger partial charge in [0.2, 0.25) is 0 Å². The Morgan fingerprint density at radius 3 is 2.84 bits per heavy atom. The van der Waals surface area contributed by atoms with Crippen molar-refractivity contribution < 1.29 is 0 Å². The summed E-state index contributed by atoms with van der Waals surface area (Å²) in [5.41, 5.74) is 7.59. The zero-order valence-corrected chi connectivity index (χ0v) is 11.8. The van der Waals surface area contributed by atoms with Gasteiger partial charge >= 0.3 is 0 Å². The molecule has 1 aromatic carbocycles. The molecular weight excluding hydrogens is 258 g/mol. The highest BCUT2D eigenvalue weighted by Gasteiger charge is 2.35. The number of hydrogen-bond acceptors (Lipinski definition) is 2. The van der Waals surface area contributed by atoms with E-state index in [9.17, 15) is 0 Å². The predicted molar refractivity (Wildman–Crippen MR) is 80.2 cm³/mol. The number of rotatable bonds is 2. The standard InChI is InChI=1S/C15H20ClN3/c16-11-6-7-12(15(17)18)14(9-11)19-8-2-4-10-3-1-5-13(10)19/h6-7,9-10,13H,1-5,8H2,(H3,17,18). The van der Waals surface area contributed by atoms with Gasteiger partial charge in [0.25, 0.3) is 0 Å². The van der Waals surface area contributed by atoms with Gasteiger partial charge < -0.3 is 10.6 Å². The Hall–Kier alpha value is -1.22. The molecule has 0 spiro atoms. The van der Waals surface area contributed by atoms with E-state index in [1.807, 2.05) is 18.2 Å². The third-order valence-corrected chi connectivity index (χ3v) is 4.79. The topological polar surface area (TPSA) is 53.1 Å². The zero-order valence-electron chi connectivity index (χ0n) is 11.0. The molecular formula is C15H20ClN3. The molecule has 1 saturated carbocycles. The van der Waals surface area contributed by atoms with E-state index in [0.29, 0.717) is 6.04 Å². The van der Waals surface area contributed by atoms with Gasteiger partial charge in [0.15, 0.2) is 0 Å². The summed E-state index contributed by atoms with van der Waals surface area (Å²) in [5.74, 6) is 0.944. The highest BCUT2D eigenvalue weighted by molar-refractivity contribution is 6.31. The van der Waals surface area contributed by atoms with Crippen LogP contribution in [0.2, 0.25) is 5.02 Å². The Bertz CT molecular complexity index is 500. The van der Waals surface area contributed by atoms with Crippen LogP contribution in [-0.2, 0) is 0 Å². The molecule has 1 heterocycles. The summed E-state index contributed by atoms with van der Waals surface area (Å²) < 4.78 is 0. The summed E-state index contributed by atoms with van der Waals surface area (Å²) in [6.45, 7) is 1.06. The quantitative estimate of drug-likeness (QED) is 0.643. The van der Waals surface area contributed by atoms with Crippen molar-refractivity contribution in [1.82, 2.24) is 0 Å². The van der Waals surface area contributed by atoms with Crippen LogP contribution in [0, 0.1) is 11.3 Å². The van der Waals surface area contributed by atoms with E-state index in [1.54, 1.807) is 0 Å². The van der Waals surface area contributed by atoms with Crippen molar-refractivity contribution in [3.63, 3.8) is 0 Å². The van der Waals surface area contributed by atoms with E-state index >= 15 is 0 Å². The van der Waals surface area contributed by atoms with Crippen molar-refractivity contribution in [2.45, 2.75) is 38.1 Å². The second-order valence-corrected chi connectivity index (χ2v) is 6.11. The van der Waals surface area contributed by atoms with Crippen molar-refractivity contribution in [1.29, 1.82) is 5.41 Å². The lowest BCUT2D eigenvalue weighted by molar-refractivity contribution is 0.362. The molecule has 102 valence electrons. The zero-order chi connectivity index (χ0) is 13.4. The van der Waals surface area contributed by atoms with Gasteiger partial charge in [-0.05, 0) is 49.8 Å². The first-order valence-electron chi connectivity index (χ1n) is 7.07. The van der Waals surface area contributed by atoms with Crippen LogP contribution in [0.15, 0.2) is 18.2 Å². The second-order valence-electron chi connectivity index (χ2n) is 5.67. The van der Waals surface area contributed by atoms with E-state index in [4.69, 9.17) is 22.7 Å². The first-order valence-corrected chi connectivity index (χ1v) is 7.45. The molecule has 2 atom stereocenters. The van der Waals surface area contributed by atoms with Gasteiger partial charge in [-0.25, -0.2) is 0 Å². The number of benzene rings is 1. The summed E-state index contributed by atoms with van der Waals surface area (Å²) in [4.78, 5) is 2.45. The summed E-state index contributed by atoms with van der Waals surface area (Å²) in [5, 5.41) is 8.48. The molecule has 0 radical (unpaired) electrons. The predicted octanol–water partition coefficient (Wildman–Crippen LogP) is 3.39. The lowest BCUT2D eigenvalue weighted by atomic mass is 9.91. The third-order valence-electron chi connectivity index (χ3n) is 4.55. The normalized spacial score (nSPS) is 26.3. The van der Waals surface area contributed by atoms with E-state index in [1.165, 1.54) is 32.1 Å². The van der Waals surface area contributed by atoms with Gasteiger partial charge in [0.05, 0.1) is 0 Å². The number of halogens is 1. The molecule has 0 amide bonds. The number of nitrogen functional groups attached to an aromatic ring is 1. The number of hydrogen-bond donors (Lipinski definition) is 2. The smallest absolute Gasteiger partial charge is 0.124 e. The van der Waals surface area contributed by atoms with Crippen LogP contribution in [0.3, 0.4) is 0 Å². The number of fused-ring (bicyclic) bond motifs is 1. The van der Waals surface area contributed by atoms with Gasteiger partial charge in [-0.3, -0.25) is 5.41 Å². The Morgan fingerprint density at radius 1 is 1.26 bits per heavy atom. The SMILES string of the molecule is N=C(N)c1ccc(Cl)cc1N1CCCC2CCCC21. The average Bonchev–Trinajstić information content (AvgIpc) is 2.86. The van der Waals surface area contributed by atoms with E-state index in [0.717, 1.165) is 28.7 Å². The van der Waals surface area contributed by atoms with Crippen molar-refractivity contribution in [2.75, 3.05) is 11.4 Å². The molecule has 3 nitrogen and oxygen atoms in total. The largest absolute Gasteiger partial charge is 0.384 e.